The third-order valence-electron chi connectivity index (χ3n) is 2.86. The van der Waals surface area contributed by atoms with Gasteiger partial charge in [-0.1, -0.05) is 0 Å². The summed E-state index contributed by atoms with van der Waals surface area (Å²) >= 11 is 0. The van der Waals surface area contributed by atoms with Crippen molar-refractivity contribution in [1.82, 2.24) is 9.78 Å². The van der Waals surface area contributed by atoms with Crippen molar-refractivity contribution in [2.75, 3.05) is 0 Å². The lowest BCUT2D eigenvalue weighted by Gasteiger charge is -2.04. The number of phenols is 1. The van der Waals surface area contributed by atoms with Gasteiger partial charge in [0.25, 0.3) is 0 Å². The Morgan fingerprint density at radius 1 is 1.35 bits per heavy atom. The van der Waals surface area contributed by atoms with E-state index in [4.69, 9.17) is 16.6 Å². The number of hydrogen-bond acceptors (Lipinski definition) is 4. The number of hydrogen-bond donors (Lipinski definition) is 3. The molecule has 106 valence electrons. The van der Waals surface area contributed by atoms with E-state index in [-0.39, 0.29) is 12.1 Å². The van der Waals surface area contributed by atoms with Crippen molar-refractivity contribution in [3.8, 4) is 16.9 Å². The molecule has 0 aliphatic rings. The van der Waals surface area contributed by atoms with Crippen molar-refractivity contribution in [2.45, 2.75) is 13.5 Å². The minimum atomic E-state index is -1.28. The highest BCUT2D eigenvalue weighted by Gasteiger charge is 2.17. The summed E-state index contributed by atoms with van der Waals surface area (Å²) in [5.41, 5.74) is 12.2. The van der Waals surface area contributed by atoms with E-state index in [1.165, 1.54) is 16.9 Å². The van der Waals surface area contributed by atoms with Crippen molar-refractivity contribution >= 4 is 0 Å². The zero-order chi connectivity index (χ0) is 14.9. The van der Waals surface area contributed by atoms with E-state index >= 15 is 0 Å². The lowest BCUT2D eigenvalue weighted by molar-refractivity contribution is 0.408. The smallest absolute Gasteiger partial charge is 0.200 e. The number of allylic oxidation sites excluding steroid dienone is 1. The van der Waals surface area contributed by atoms with Gasteiger partial charge in [-0.05, 0) is 19.1 Å². The van der Waals surface area contributed by atoms with Gasteiger partial charge in [-0.25, -0.2) is 4.39 Å². The summed E-state index contributed by atoms with van der Waals surface area (Å²) in [6.45, 7) is 1.91. The van der Waals surface area contributed by atoms with Gasteiger partial charge < -0.3 is 16.6 Å². The third-order valence-corrected chi connectivity index (χ3v) is 2.86. The molecular weight excluding hydrogens is 266 g/mol. The monoisotopic (exact) mass is 280 g/mol. The Kier molecular flexibility index (Phi) is 3.60. The maximum atomic E-state index is 13.8. The Bertz CT molecular complexity index is 679. The van der Waals surface area contributed by atoms with Crippen LogP contribution in [0.3, 0.4) is 0 Å². The summed E-state index contributed by atoms with van der Waals surface area (Å²) < 4.78 is 28.7. The van der Waals surface area contributed by atoms with Crippen LogP contribution in [0.25, 0.3) is 11.1 Å². The van der Waals surface area contributed by atoms with E-state index in [0.717, 1.165) is 6.07 Å². The third kappa shape index (κ3) is 2.42. The molecule has 1 aromatic carbocycles. The first-order valence-corrected chi connectivity index (χ1v) is 5.81. The molecule has 0 aliphatic heterocycles. The van der Waals surface area contributed by atoms with Crippen LogP contribution in [0, 0.1) is 18.6 Å². The number of nitrogens with zero attached hydrogens (tertiary/aromatic N) is 2. The number of aryl methyl sites for hydroxylation is 1. The van der Waals surface area contributed by atoms with Crippen molar-refractivity contribution in [3.05, 3.63) is 47.6 Å². The van der Waals surface area contributed by atoms with Gasteiger partial charge in [0.15, 0.2) is 11.6 Å². The topological polar surface area (TPSA) is 90.1 Å². The van der Waals surface area contributed by atoms with Crippen LogP contribution in [0.2, 0.25) is 0 Å². The molecule has 0 saturated carbocycles. The number of aromatic hydroxyl groups is 1. The van der Waals surface area contributed by atoms with Crippen molar-refractivity contribution in [3.63, 3.8) is 0 Å². The highest BCUT2D eigenvalue weighted by molar-refractivity contribution is 5.66. The summed E-state index contributed by atoms with van der Waals surface area (Å²) in [5.74, 6) is -3.13. The molecule has 5 nitrogen and oxygen atoms in total. The molecule has 2 aromatic rings. The minimum absolute atomic E-state index is 0.0272. The number of phenolic OH excluding ortho intramolecular Hbond substituents is 1. The van der Waals surface area contributed by atoms with Crippen LogP contribution in [-0.2, 0) is 6.54 Å². The van der Waals surface area contributed by atoms with Crippen LogP contribution in [0.15, 0.2) is 30.2 Å². The first-order valence-electron chi connectivity index (χ1n) is 5.81. The summed E-state index contributed by atoms with van der Waals surface area (Å²) in [4.78, 5) is 0. The Labute approximate surface area is 114 Å². The van der Waals surface area contributed by atoms with E-state index in [2.05, 4.69) is 5.10 Å². The predicted molar refractivity (Wildman–Crippen MR) is 70.4 cm³/mol. The van der Waals surface area contributed by atoms with E-state index in [1.54, 1.807) is 13.1 Å². The van der Waals surface area contributed by atoms with Gasteiger partial charge in [0.05, 0.1) is 12.2 Å². The summed E-state index contributed by atoms with van der Waals surface area (Å²) in [6.07, 6.45) is 2.79. The maximum Gasteiger partial charge on any atom is 0.200 e. The fourth-order valence-electron chi connectivity index (χ4n) is 1.85. The number of rotatable bonds is 3. The first-order chi connectivity index (χ1) is 9.43. The van der Waals surface area contributed by atoms with E-state index in [1.807, 2.05) is 0 Å². The zero-order valence-corrected chi connectivity index (χ0v) is 10.8. The highest BCUT2D eigenvalue weighted by atomic mass is 19.2. The fourth-order valence-corrected chi connectivity index (χ4v) is 1.85. The molecule has 0 spiro atoms. The normalized spacial score (nSPS) is 11.8. The molecule has 5 N–H and O–H groups in total. The number of nitrogens with two attached hydrogens (primary N) is 2. The molecule has 1 aromatic heterocycles. The second-order valence-corrected chi connectivity index (χ2v) is 4.33. The fraction of sp³-hybridized carbons (Fsp3) is 0.154. The standard InChI is InChI=1S/C13H14F2N4O/c1-7-10(6-19(18-7)5-8(17)4-16)9-2-3-11(20)13(15)12(9)14/h2-4,6,20H,5,16-17H2,1H3/b8-4-. The minimum Gasteiger partial charge on any atom is -0.505 e. The summed E-state index contributed by atoms with van der Waals surface area (Å²) in [5, 5.41) is 13.3. The average Bonchev–Trinajstić information content (AvgIpc) is 2.77. The maximum absolute atomic E-state index is 13.8. The Hall–Kier alpha value is -2.57. The Morgan fingerprint density at radius 2 is 2.05 bits per heavy atom. The molecule has 0 unspecified atom stereocenters. The molecule has 0 atom stereocenters. The second-order valence-electron chi connectivity index (χ2n) is 4.33. The van der Waals surface area contributed by atoms with Crippen LogP contribution in [0.4, 0.5) is 8.78 Å². The van der Waals surface area contributed by atoms with Crippen molar-refractivity contribution in [2.24, 2.45) is 11.5 Å². The van der Waals surface area contributed by atoms with Crippen LogP contribution in [-0.4, -0.2) is 14.9 Å². The first kappa shape index (κ1) is 13.9. The molecule has 20 heavy (non-hydrogen) atoms. The number of halogens is 2. The molecule has 0 aliphatic carbocycles. The molecule has 0 saturated heterocycles. The predicted octanol–water partition coefficient (Wildman–Crippen LogP) is 1.60. The lowest BCUT2D eigenvalue weighted by Crippen LogP contribution is -2.10. The van der Waals surface area contributed by atoms with Gasteiger partial charge in [-0.3, -0.25) is 4.68 Å². The Balaban J connectivity index is 2.46. The van der Waals surface area contributed by atoms with Crippen molar-refractivity contribution in [1.29, 1.82) is 0 Å². The molecule has 2 rings (SSSR count). The largest absolute Gasteiger partial charge is 0.505 e. The number of aromatic nitrogens is 2. The van der Waals surface area contributed by atoms with Crippen LogP contribution in [0.1, 0.15) is 5.69 Å². The molecule has 7 heteroatoms. The van der Waals surface area contributed by atoms with E-state index in [9.17, 15) is 8.78 Å². The van der Waals surface area contributed by atoms with Crippen molar-refractivity contribution < 1.29 is 13.9 Å². The Morgan fingerprint density at radius 3 is 2.70 bits per heavy atom. The SMILES string of the molecule is Cc1nn(C/C(N)=C/N)cc1-c1ccc(O)c(F)c1F. The van der Waals surface area contributed by atoms with Crippen LogP contribution >= 0.6 is 0 Å². The molecule has 1 heterocycles. The van der Waals surface area contributed by atoms with Gasteiger partial charge in [-0.15, -0.1) is 0 Å². The highest BCUT2D eigenvalue weighted by Crippen LogP contribution is 2.30. The average molecular weight is 280 g/mol. The summed E-state index contributed by atoms with van der Waals surface area (Å²) in [6, 6.07) is 2.39. The number of benzene rings is 1. The van der Waals surface area contributed by atoms with Crippen LogP contribution in [0.5, 0.6) is 5.75 Å². The van der Waals surface area contributed by atoms with Gasteiger partial charge in [-0.2, -0.15) is 9.49 Å². The van der Waals surface area contributed by atoms with Gasteiger partial charge >= 0.3 is 0 Å². The zero-order valence-electron chi connectivity index (χ0n) is 10.8. The molecular formula is C13H14F2N4O. The molecule has 0 fully saturated rings. The van der Waals surface area contributed by atoms with E-state index in [0.29, 0.717) is 17.0 Å². The van der Waals surface area contributed by atoms with E-state index < -0.39 is 17.4 Å². The van der Waals surface area contributed by atoms with Gasteiger partial charge in [0.1, 0.15) is 0 Å². The van der Waals surface area contributed by atoms with Gasteiger partial charge in [0, 0.05) is 29.2 Å². The second kappa shape index (κ2) is 5.20. The molecule has 0 radical (unpaired) electrons. The quantitative estimate of drug-likeness (QED) is 0.796. The lowest BCUT2D eigenvalue weighted by atomic mass is 10.1. The summed E-state index contributed by atoms with van der Waals surface area (Å²) in [7, 11) is 0. The molecule has 0 amide bonds. The van der Waals surface area contributed by atoms with Crippen LogP contribution < -0.4 is 11.5 Å². The molecule has 0 bridgehead atoms. The van der Waals surface area contributed by atoms with Gasteiger partial charge in [0.2, 0.25) is 5.82 Å².